The molecule has 0 saturated carbocycles. The van der Waals surface area contributed by atoms with Crippen molar-refractivity contribution in [1.29, 1.82) is 0 Å². The van der Waals surface area contributed by atoms with E-state index in [1.165, 1.54) is 6.33 Å². The predicted molar refractivity (Wildman–Crippen MR) is 115 cm³/mol. The average Bonchev–Trinajstić information content (AvgIpc) is 2.67. The van der Waals surface area contributed by atoms with E-state index in [9.17, 15) is 10.1 Å². The van der Waals surface area contributed by atoms with Crippen LogP contribution in [-0.4, -0.2) is 20.4 Å². The fourth-order valence-electron chi connectivity index (χ4n) is 3.03. The van der Waals surface area contributed by atoms with Crippen molar-refractivity contribution in [1.82, 2.24) is 9.97 Å². The van der Waals surface area contributed by atoms with E-state index in [1.807, 2.05) is 86.3 Å². The fraction of sp³-hybridized carbons (Fsp3) is 0.273. The molecule has 1 heterocycles. The first-order valence-corrected chi connectivity index (χ1v) is 9.44. The number of benzene rings is 2. The lowest BCUT2D eigenvalue weighted by atomic mass is 10.1. The van der Waals surface area contributed by atoms with Crippen LogP contribution in [0.4, 0.5) is 17.3 Å². The second-order valence-corrected chi connectivity index (χ2v) is 7.85. The molecule has 0 radical (unpaired) electrons. The lowest BCUT2D eigenvalue weighted by molar-refractivity contribution is -0.383. The van der Waals surface area contributed by atoms with Gasteiger partial charge in [0.15, 0.2) is 0 Å². The molecule has 0 saturated heterocycles. The van der Waals surface area contributed by atoms with Crippen molar-refractivity contribution < 1.29 is 4.92 Å². The summed E-state index contributed by atoms with van der Waals surface area (Å²) in [5.41, 5.74) is 1.60. The Bertz CT molecular complexity index is 914. The van der Waals surface area contributed by atoms with Crippen molar-refractivity contribution in [3.05, 3.63) is 88.2 Å². The predicted octanol–water partition coefficient (Wildman–Crippen LogP) is 4.80. The molecule has 0 atom stereocenters. The van der Waals surface area contributed by atoms with Crippen molar-refractivity contribution in [2.75, 3.05) is 10.2 Å². The summed E-state index contributed by atoms with van der Waals surface area (Å²) in [6.07, 6.45) is 1.37. The minimum absolute atomic E-state index is 0.116. The third-order valence-electron chi connectivity index (χ3n) is 4.21. The molecule has 0 unspecified atom stereocenters. The van der Waals surface area contributed by atoms with Crippen LogP contribution in [0.2, 0.25) is 0 Å². The van der Waals surface area contributed by atoms with Crippen LogP contribution in [0.1, 0.15) is 31.9 Å². The molecule has 3 aromatic rings. The zero-order valence-electron chi connectivity index (χ0n) is 16.9. The normalized spacial score (nSPS) is 11.1. The van der Waals surface area contributed by atoms with Crippen molar-refractivity contribution in [2.24, 2.45) is 0 Å². The number of hydrogen-bond donors (Lipinski definition) is 1. The largest absolute Gasteiger partial charge is 0.360 e. The SMILES string of the molecule is CC(C)(C)Nc1ncnc(N(Cc2ccccc2)Cc2ccccc2)c1[N+](=O)[O-]. The molecule has 7 heteroatoms. The standard InChI is InChI=1S/C22H25N5O2/c1-22(2,3)25-20-19(27(28)29)21(24-16-23-20)26(14-17-10-6-4-7-11-17)15-18-12-8-5-9-13-18/h4-13,16H,14-15H2,1-3H3,(H,23,24,25). The molecule has 1 N–H and O–H groups in total. The molecule has 2 aromatic carbocycles. The number of nitrogens with one attached hydrogen (secondary N) is 1. The first-order valence-electron chi connectivity index (χ1n) is 9.44. The highest BCUT2D eigenvalue weighted by atomic mass is 16.6. The third kappa shape index (κ3) is 5.51. The minimum Gasteiger partial charge on any atom is -0.360 e. The summed E-state index contributed by atoms with van der Waals surface area (Å²) in [4.78, 5) is 22.0. The second-order valence-electron chi connectivity index (χ2n) is 7.85. The molecule has 0 bridgehead atoms. The molecular weight excluding hydrogens is 366 g/mol. The molecule has 0 fully saturated rings. The molecule has 1 aromatic heterocycles. The molecule has 3 rings (SSSR count). The van der Waals surface area contributed by atoms with Gasteiger partial charge in [0.2, 0.25) is 11.6 Å². The summed E-state index contributed by atoms with van der Waals surface area (Å²) in [6.45, 7) is 6.78. The zero-order valence-corrected chi connectivity index (χ0v) is 16.9. The third-order valence-corrected chi connectivity index (χ3v) is 4.21. The van der Waals surface area contributed by atoms with Crippen molar-refractivity contribution in [2.45, 2.75) is 39.4 Å². The zero-order chi connectivity index (χ0) is 20.9. The Morgan fingerprint density at radius 2 is 1.45 bits per heavy atom. The summed E-state index contributed by atoms with van der Waals surface area (Å²) >= 11 is 0. The molecule has 7 nitrogen and oxygen atoms in total. The van der Waals surface area contributed by atoms with Gasteiger partial charge >= 0.3 is 5.69 Å². The highest BCUT2D eigenvalue weighted by Crippen LogP contribution is 2.34. The highest BCUT2D eigenvalue weighted by molar-refractivity contribution is 5.71. The quantitative estimate of drug-likeness (QED) is 0.460. The van der Waals surface area contributed by atoms with Gasteiger partial charge in [-0.2, -0.15) is 0 Å². The molecule has 150 valence electrons. The fourth-order valence-corrected chi connectivity index (χ4v) is 3.03. The topological polar surface area (TPSA) is 84.2 Å². The minimum atomic E-state index is -0.410. The van der Waals surface area contributed by atoms with Crippen molar-refractivity contribution in [3.63, 3.8) is 0 Å². The van der Waals surface area contributed by atoms with Gasteiger partial charge in [0.25, 0.3) is 0 Å². The Morgan fingerprint density at radius 1 is 0.931 bits per heavy atom. The van der Waals surface area contributed by atoms with Gasteiger partial charge in [-0.15, -0.1) is 0 Å². The van der Waals surface area contributed by atoms with Gasteiger partial charge in [-0.3, -0.25) is 10.1 Å². The summed E-state index contributed by atoms with van der Waals surface area (Å²) < 4.78 is 0. The lowest BCUT2D eigenvalue weighted by Gasteiger charge is -2.26. The van der Waals surface area contributed by atoms with Gasteiger partial charge in [-0.05, 0) is 31.9 Å². The summed E-state index contributed by atoms with van der Waals surface area (Å²) in [6, 6.07) is 19.7. The Hall–Kier alpha value is -3.48. The number of nitrogens with zero attached hydrogens (tertiary/aromatic N) is 4. The first kappa shape index (κ1) is 20.3. The Morgan fingerprint density at radius 3 is 1.90 bits per heavy atom. The van der Waals surface area contributed by atoms with Crippen LogP contribution in [0.5, 0.6) is 0 Å². The number of aromatic nitrogens is 2. The van der Waals surface area contributed by atoms with Crippen molar-refractivity contribution >= 4 is 17.3 Å². The van der Waals surface area contributed by atoms with Gasteiger partial charge in [0.1, 0.15) is 6.33 Å². The molecule has 0 aliphatic carbocycles. The van der Waals surface area contributed by atoms with E-state index in [2.05, 4.69) is 15.3 Å². The van der Waals surface area contributed by atoms with E-state index in [-0.39, 0.29) is 17.0 Å². The smallest absolute Gasteiger partial charge is 0.353 e. The van der Waals surface area contributed by atoms with Gasteiger partial charge in [0, 0.05) is 18.6 Å². The van der Waals surface area contributed by atoms with E-state index >= 15 is 0 Å². The first-order chi connectivity index (χ1) is 13.8. The van der Waals surface area contributed by atoms with Crippen LogP contribution in [0.3, 0.4) is 0 Å². The van der Waals surface area contributed by atoms with Crippen LogP contribution in [0.25, 0.3) is 0 Å². The average molecular weight is 391 g/mol. The van der Waals surface area contributed by atoms with Crippen LogP contribution in [-0.2, 0) is 13.1 Å². The van der Waals surface area contributed by atoms with Crippen LogP contribution >= 0.6 is 0 Å². The van der Waals surface area contributed by atoms with Gasteiger partial charge in [-0.1, -0.05) is 60.7 Å². The van der Waals surface area contributed by atoms with Crippen LogP contribution < -0.4 is 10.2 Å². The monoisotopic (exact) mass is 391 g/mol. The summed E-state index contributed by atoms with van der Waals surface area (Å²) in [5.74, 6) is 0.517. The van der Waals surface area contributed by atoms with E-state index in [1.54, 1.807) is 0 Å². The molecular formula is C22H25N5O2. The number of nitro groups is 1. The van der Waals surface area contributed by atoms with Gasteiger partial charge in [-0.25, -0.2) is 9.97 Å². The molecule has 29 heavy (non-hydrogen) atoms. The molecule has 0 aliphatic rings. The van der Waals surface area contributed by atoms with Crippen molar-refractivity contribution in [3.8, 4) is 0 Å². The molecule has 0 spiro atoms. The van der Waals surface area contributed by atoms with E-state index in [0.717, 1.165) is 11.1 Å². The van der Waals surface area contributed by atoms with E-state index < -0.39 is 4.92 Å². The molecule has 0 amide bonds. The van der Waals surface area contributed by atoms with Gasteiger partial charge in [0.05, 0.1) is 4.92 Å². The molecule has 0 aliphatic heterocycles. The lowest BCUT2D eigenvalue weighted by Crippen LogP contribution is -2.29. The Labute approximate surface area is 170 Å². The Kier molecular flexibility index (Phi) is 6.07. The van der Waals surface area contributed by atoms with Gasteiger partial charge < -0.3 is 10.2 Å². The van der Waals surface area contributed by atoms with E-state index in [4.69, 9.17) is 0 Å². The second kappa shape index (κ2) is 8.68. The number of hydrogen-bond acceptors (Lipinski definition) is 6. The summed E-state index contributed by atoms with van der Waals surface area (Å²) in [7, 11) is 0. The maximum absolute atomic E-state index is 12.0. The number of rotatable bonds is 7. The summed E-state index contributed by atoms with van der Waals surface area (Å²) in [5, 5.41) is 15.1. The van der Waals surface area contributed by atoms with Crippen LogP contribution in [0, 0.1) is 10.1 Å². The van der Waals surface area contributed by atoms with Crippen LogP contribution in [0.15, 0.2) is 67.0 Å². The highest BCUT2D eigenvalue weighted by Gasteiger charge is 2.29. The maximum atomic E-state index is 12.0. The van der Waals surface area contributed by atoms with E-state index in [0.29, 0.717) is 18.9 Å². The Balaban J connectivity index is 2.06. The number of anilines is 2. The maximum Gasteiger partial charge on any atom is 0.353 e.